The summed E-state index contributed by atoms with van der Waals surface area (Å²) in [6.45, 7) is 0.531. The molecule has 2 fully saturated rings. The molecule has 1 aliphatic carbocycles. The van der Waals surface area contributed by atoms with Gasteiger partial charge in [-0.1, -0.05) is 30.0 Å². The van der Waals surface area contributed by atoms with Crippen LogP contribution in [0.5, 0.6) is 0 Å². The van der Waals surface area contributed by atoms with Crippen LogP contribution < -0.4 is 5.32 Å². The van der Waals surface area contributed by atoms with Crippen molar-refractivity contribution < 1.29 is 9.53 Å². The third-order valence-corrected chi connectivity index (χ3v) is 8.74. The quantitative estimate of drug-likeness (QED) is 0.686. The van der Waals surface area contributed by atoms with Crippen molar-refractivity contribution in [2.24, 2.45) is 10.9 Å². The summed E-state index contributed by atoms with van der Waals surface area (Å²) in [4.78, 5) is 22.4. The molecule has 3 aliphatic rings. The number of hydrogen-bond donors (Lipinski definition) is 1. The van der Waals surface area contributed by atoms with Gasteiger partial charge in [0.05, 0.1) is 12.2 Å². The molecular weight excluding hydrogens is 458 g/mol. The first-order valence-electron chi connectivity index (χ1n) is 9.43. The topological polar surface area (TPSA) is 63.6 Å². The minimum atomic E-state index is -0.512. The molecule has 5 nitrogen and oxygen atoms in total. The molecule has 3 heterocycles. The van der Waals surface area contributed by atoms with E-state index in [2.05, 4.69) is 21.2 Å². The summed E-state index contributed by atoms with van der Waals surface area (Å²) in [5.74, 6) is 1.14. The Kier molecular flexibility index (Phi) is 4.85. The van der Waals surface area contributed by atoms with E-state index in [0.717, 1.165) is 34.6 Å². The van der Waals surface area contributed by atoms with Gasteiger partial charge in [-0.15, -0.1) is 11.3 Å². The predicted octanol–water partition coefficient (Wildman–Crippen LogP) is 4.59. The van der Waals surface area contributed by atoms with Crippen LogP contribution in [0, 0.1) is 5.92 Å². The van der Waals surface area contributed by atoms with Gasteiger partial charge in [-0.25, -0.2) is 9.98 Å². The number of nitrogens with one attached hydrogen (secondary N) is 1. The van der Waals surface area contributed by atoms with Gasteiger partial charge in [-0.05, 0) is 53.7 Å². The Morgan fingerprint density at radius 2 is 2.11 bits per heavy atom. The summed E-state index contributed by atoms with van der Waals surface area (Å²) in [6, 6.07) is 9.25. The number of carbonyl (C=O) groups is 1. The van der Waals surface area contributed by atoms with Crippen molar-refractivity contribution in [2.75, 3.05) is 12.4 Å². The second kappa shape index (κ2) is 7.23. The summed E-state index contributed by atoms with van der Waals surface area (Å²) in [5, 5.41) is 6.62. The smallest absolute Gasteiger partial charge is 0.257 e. The Balaban J connectivity index is 1.46. The molecule has 8 heteroatoms. The third-order valence-electron chi connectivity index (χ3n) is 5.98. The first-order valence-corrected chi connectivity index (χ1v) is 12.1. The molecule has 2 aromatic rings. The van der Waals surface area contributed by atoms with Crippen LogP contribution in [0.15, 0.2) is 45.3 Å². The maximum Gasteiger partial charge on any atom is 0.257 e. The SMILES string of the molecule is O=C(NC1=NC2(c3nc(Br)cs3)COC3(CCC3)CC2CS1)c1ccccc1. The molecule has 1 aromatic carbocycles. The van der Waals surface area contributed by atoms with E-state index in [1.54, 1.807) is 23.1 Å². The molecule has 2 unspecified atom stereocenters. The zero-order valence-electron chi connectivity index (χ0n) is 15.2. The molecule has 1 amide bonds. The highest BCUT2D eigenvalue weighted by molar-refractivity contribution is 9.10. The van der Waals surface area contributed by atoms with E-state index in [0.29, 0.717) is 23.3 Å². The van der Waals surface area contributed by atoms with Crippen molar-refractivity contribution in [3.63, 3.8) is 0 Å². The number of aliphatic imine (C=N–C) groups is 1. The number of halogens is 1. The van der Waals surface area contributed by atoms with Gasteiger partial charge in [-0.3, -0.25) is 4.79 Å². The Morgan fingerprint density at radius 3 is 2.79 bits per heavy atom. The largest absolute Gasteiger partial charge is 0.372 e. The minimum absolute atomic E-state index is 0.0452. The van der Waals surface area contributed by atoms with Gasteiger partial charge in [-0.2, -0.15) is 0 Å². The first-order chi connectivity index (χ1) is 13.6. The molecule has 1 spiro atoms. The molecule has 0 bridgehead atoms. The second-order valence-electron chi connectivity index (χ2n) is 7.67. The number of amides is 1. The van der Waals surface area contributed by atoms with Crippen LogP contribution in [0.4, 0.5) is 0 Å². The Bertz CT molecular complexity index is 929. The fraction of sp³-hybridized carbons (Fsp3) is 0.450. The monoisotopic (exact) mass is 477 g/mol. The van der Waals surface area contributed by atoms with Crippen LogP contribution in [0.3, 0.4) is 0 Å². The number of thioether (sulfide) groups is 1. The number of benzene rings is 1. The third kappa shape index (κ3) is 3.24. The standard InChI is InChI=1S/C20H20BrN3O2S2/c21-15-11-27-17(22-15)20-12-26-19(7-4-8-19)9-14(20)10-28-18(24-20)23-16(25)13-5-2-1-3-6-13/h1-3,5-6,11,14H,4,7-10,12H2,(H,23,24,25). The number of fused-ring (bicyclic) bond motifs is 1. The number of amidine groups is 1. The van der Waals surface area contributed by atoms with Crippen molar-refractivity contribution in [2.45, 2.75) is 36.8 Å². The van der Waals surface area contributed by atoms with Crippen LogP contribution in [0.2, 0.25) is 0 Å². The van der Waals surface area contributed by atoms with E-state index in [4.69, 9.17) is 14.7 Å². The zero-order valence-corrected chi connectivity index (χ0v) is 18.4. The van der Waals surface area contributed by atoms with Crippen molar-refractivity contribution in [3.8, 4) is 0 Å². The van der Waals surface area contributed by atoms with Crippen molar-refractivity contribution >= 4 is 50.1 Å². The number of rotatable bonds is 2. The minimum Gasteiger partial charge on any atom is -0.372 e. The Labute approximate surface area is 180 Å². The van der Waals surface area contributed by atoms with E-state index in [9.17, 15) is 4.79 Å². The summed E-state index contributed by atoms with van der Waals surface area (Å²) in [5.41, 5.74) is 0.165. The number of thiazole rings is 1. The average molecular weight is 478 g/mol. The lowest BCUT2D eigenvalue weighted by Gasteiger charge is -2.54. The highest BCUT2D eigenvalue weighted by atomic mass is 79.9. The van der Waals surface area contributed by atoms with E-state index in [1.165, 1.54) is 6.42 Å². The van der Waals surface area contributed by atoms with E-state index in [1.807, 2.05) is 35.7 Å². The molecule has 1 saturated carbocycles. The number of hydrogen-bond acceptors (Lipinski definition) is 6. The highest BCUT2D eigenvalue weighted by Crippen LogP contribution is 2.54. The molecule has 2 aliphatic heterocycles. The molecule has 1 saturated heterocycles. The molecule has 1 N–H and O–H groups in total. The summed E-state index contributed by atoms with van der Waals surface area (Å²) in [6.07, 6.45) is 4.55. The first kappa shape index (κ1) is 18.8. The molecule has 0 radical (unpaired) electrons. The zero-order chi connectivity index (χ0) is 19.2. The van der Waals surface area contributed by atoms with Gasteiger partial charge in [0.15, 0.2) is 5.17 Å². The highest BCUT2D eigenvalue weighted by Gasteiger charge is 2.56. The number of nitrogens with zero attached hydrogens (tertiary/aromatic N) is 2. The summed E-state index contributed by atoms with van der Waals surface area (Å²) < 4.78 is 7.22. The molecule has 146 valence electrons. The molecule has 2 atom stereocenters. The lowest BCUT2D eigenvalue weighted by atomic mass is 9.67. The maximum absolute atomic E-state index is 12.6. The Morgan fingerprint density at radius 1 is 1.29 bits per heavy atom. The fourth-order valence-electron chi connectivity index (χ4n) is 4.25. The summed E-state index contributed by atoms with van der Waals surface area (Å²) in [7, 11) is 0. The van der Waals surface area contributed by atoms with E-state index >= 15 is 0 Å². The van der Waals surface area contributed by atoms with E-state index in [-0.39, 0.29) is 11.5 Å². The fourth-order valence-corrected chi connectivity index (χ4v) is 6.86. The molecular formula is C20H20BrN3O2S2. The molecule has 5 rings (SSSR count). The van der Waals surface area contributed by atoms with Crippen molar-refractivity contribution in [3.05, 3.63) is 50.9 Å². The van der Waals surface area contributed by atoms with Crippen LogP contribution >= 0.6 is 39.0 Å². The van der Waals surface area contributed by atoms with Crippen LogP contribution in [-0.4, -0.2) is 34.0 Å². The van der Waals surface area contributed by atoms with Gasteiger partial charge in [0, 0.05) is 22.6 Å². The lowest BCUT2D eigenvalue weighted by Crippen LogP contribution is -2.57. The van der Waals surface area contributed by atoms with Gasteiger partial charge in [0.2, 0.25) is 0 Å². The van der Waals surface area contributed by atoms with Crippen LogP contribution in [0.25, 0.3) is 0 Å². The van der Waals surface area contributed by atoms with Crippen molar-refractivity contribution in [1.82, 2.24) is 10.3 Å². The number of ether oxygens (including phenoxy) is 1. The van der Waals surface area contributed by atoms with Gasteiger partial charge >= 0.3 is 0 Å². The van der Waals surface area contributed by atoms with E-state index < -0.39 is 5.54 Å². The Hall–Kier alpha value is -1.22. The normalized spacial score (nSPS) is 28.2. The van der Waals surface area contributed by atoms with Crippen LogP contribution in [0.1, 0.15) is 41.0 Å². The molecule has 28 heavy (non-hydrogen) atoms. The average Bonchev–Trinajstić information content (AvgIpc) is 3.14. The molecule has 1 aromatic heterocycles. The summed E-state index contributed by atoms with van der Waals surface area (Å²) >= 11 is 6.72. The number of carbonyl (C=O) groups excluding carboxylic acids is 1. The predicted molar refractivity (Wildman–Crippen MR) is 116 cm³/mol. The second-order valence-corrected chi connectivity index (χ2v) is 10.4. The number of aromatic nitrogens is 1. The maximum atomic E-state index is 12.6. The lowest BCUT2D eigenvalue weighted by molar-refractivity contribution is -0.169. The van der Waals surface area contributed by atoms with Gasteiger partial charge < -0.3 is 10.1 Å². The van der Waals surface area contributed by atoms with Gasteiger partial charge in [0.25, 0.3) is 5.91 Å². The van der Waals surface area contributed by atoms with Crippen molar-refractivity contribution in [1.29, 1.82) is 0 Å². The van der Waals surface area contributed by atoms with Crippen LogP contribution in [-0.2, 0) is 10.3 Å². The van der Waals surface area contributed by atoms with Gasteiger partial charge in [0.1, 0.15) is 15.1 Å².